The van der Waals surface area contributed by atoms with Gasteiger partial charge in [0, 0.05) is 22.4 Å². The van der Waals surface area contributed by atoms with Gasteiger partial charge in [0.1, 0.15) is 0 Å². The predicted octanol–water partition coefficient (Wildman–Crippen LogP) is 6.26. The minimum Gasteiger partial charge on any atom is -0.354 e. The Balaban J connectivity index is 1.57. The quantitative estimate of drug-likeness (QED) is 0.371. The lowest BCUT2D eigenvalue weighted by atomic mass is 9.83. The maximum atomic E-state index is 13.3. The van der Waals surface area contributed by atoms with Gasteiger partial charge in [0.25, 0.3) is 0 Å². The lowest BCUT2D eigenvalue weighted by molar-refractivity contribution is 0.0979. The van der Waals surface area contributed by atoms with Crippen LogP contribution in [0, 0.1) is 6.92 Å². The molecule has 4 nitrogen and oxygen atoms in total. The molecule has 1 aliphatic rings. The monoisotopic (exact) mass is 404 g/mol. The lowest BCUT2D eigenvalue weighted by Crippen LogP contribution is -2.22. The molecule has 0 fully saturated rings. The summed E-state index contributed by atoms with van der Waals surface area (Å²) in [6.07, 6.45) is 0. The van der Waals surface area contributed by atoms with Crippen molar-refractivity contribution < 1.29 is 9.59 Å². The fourth-order valence-electron chi connectivity index (χ4n) is 3.94. The molecule has 4 heteroatoms. The summed E-state index contributed by atoms with van der Waals surface area (Å²) in [7, 11) is 0. The van der Waals surface area contributed by atoms with Crippen LogP contribution in [0.15, 0.2) is 91.0 Å². The SMILES string of the molecule is Cc1ccc(Nc2cccc3c2C(=O)c2ccccc2C3=O)c(Nc2ccccc2)c1. The van der Waals surface area contributed by atoms with Crippen molar-refractivity contribution in [2.24, 2.45) is 0 Å². The molecule has 0 spiro atoms. The number of anilines is 4. The van der Waals surface area contributed by atoms with Gasteiger partial charge in [-0.1, -0.05) is 60.7 Å². The number of aryl methyl sites for hydroxylation is 1. The molecule has 31 heavy (non-hydrogen) atoms. The van der Waals surface area contributed by atoms with Crippen LogP contribution in [0.4, 0.5) is 22.7 Å². The summed E-state index contributed by atoms with van der Waals surface area (Å²) in [6.45, 7) is 2.03. The highest BCUT2D eigenvalue weighted by atomic mass is 16.1. The van der Waals surface area contributed by atoms with Crippen LogP contribution in [0.2, 0.25) is 0 Å². The van der Waals surface area contributed by atoms with Crippen LogP contribution in [0.1, 0.15) is 37.4 Å². The van der Waals surface area contributed by atoms with E-state index < -0.39 is 0 Å². The molecule has 5 rings (SSSR count). The number of para-hydroxylation sites is 1. The molecule has 0 atom stereocenters. The third kappa shape index (κ3) is 3.38. The summed E-state index contributed by atoms with van der Waals surface area (Å²) in [6, 6.07) is 28.3. The first-order valence-corrected chi connectivity index (χ1v) is 10.1. The Morgan fingerprint density at radius 3 is 2.00 bits per heavy atom. The molecule has 2 N–H and O–H groups in total. The van der Waals surface area contributed by atoms with Crippen LogP contribution in [0.3, 0.4) is 0 Å². The van der Waals surface area contributed by atoms with Crippen LogP contribution in [-0.4, -0.2) is 11.6 Å². The van der Waals surface area contributed by atoms with E-state index in [9.17, 15) is 9.59 Å². The Hall–Kier alpha value is -4.18. The van der Waals surface area contributed by atoms with Crippen molar-refractivity contribution in [3.63, 3.8) is 0 Å². The number of hydrogen-bond acceptors (Lipinski definition) is 4. The van der Waals surface area contributed by atoms with E-state index in [0.717, 1.165) is 22.6 Å². The summed E-state index contributed by atoms with van der Waals surface area (Å²) in [5, 5.41) is 6.83. The highest BCUT2D eigenvalue weighted by molar-refractivity contribution is 6.30. The fourth-order valence-corrected chi connectivity index (χ4v) is 3.94. The van der Waals surface area contributed by atoms with Crippen molar-refractivity contribution >= 4 is 34.3 Å². The second-order valence-electron chi connectivity index (χ2n) is 7.60. The number of rotatable bonds is 4. The average molecular weight is 404 g/mol. The molecule has 150 valence electrons. The maximum Gasteiger partial charge on any atom is 0.196 e. The average Bonchev–Trinajstić information content (AvgIpc) is 2.80. The Kier molecular flexibility index (Phi) is 4.60. The molecular formula is C27H20N2O2. The van der Waals surface area contributed by atoms with Gasteiger partial charge in [-0.25, -0.2) is 0 Å². The first-order valence-electron chi connectivity index (χ1n) is 10.1. The standard InChI is InChI=1S/C27H20N2O2/c1-17-14-15-22(24(16-17)28-18-8-3-2-4-9-18)29-23-13-7-12-21-25(23)27(31)20-11-6-5-10-19(20)26(21)30/h2-16,28-29H,1H3. The molecule has 1 aliphatic carbocycles. The minimum atomic E-state index is -0.141. The zero-order chi connectivity index (χ0) is 21.4. The Morgan fingerprint density at radius 1 is 0.548 bits per heavy atom. The van der Waals surface area contributed by atoms with Gasteiger partial charge in [-0.2, -0.15) is 0 Å². The van der Waals surface area contributed by atoms with Gasteiger partial charge in [-0.3, -0.25) is 9.59 Å². The second kappa shape index (κ2) is 7.58. The Labute approximate surface area is 180 Å². The number of ketones is 2. The predicted molar refractivity (Wildman–Crippen MR) is 124 cm³/mol. The van der Waals surface area contributed by atoms with Crippen molar-refractivity contribution in [2.75, 3.05) is 10.6 Å². The van der Waals surface area contributed by atoms with Gasteiger partial charge >= 0.3 is 0 Å². The van der Waals surface area contributed by atoms with E-state index in [-0.39, 0.29) is 11.6 Å². The van der Waals surface area contributed by atoms with Crippen LogP contribution >= 0.6 is 0 Å². The highest BCUT2D eigenvalue weighted by Gasteiger charge is 2.31. The van der Waals surface area contributed by atoms with Crippen molar-refractivity contribution in [1.82, 2.24) is 0 Å². The molecule has 4 aromatic carbocycles. The molecule has 0 bridgehead atoms. The summed E-state index contributed by atoms with van der Waals surface area (Å²) >= 11 is 0. The first-order chi connectivity index (χ1) is 15.1. The van der Waals surface area contributed by atoms with Crippen molar-refractivity contribution in [2.45, 2.75) is 6.92 Å². The van der Waals surface area contributed by atoms with Gasteiger partial charge in [0.2, 0.25) is 0 Å². The molecule has 0 unspecified atom stereocenters. The van der Waals surface area contributed by atoms with E-state index >= 15 is 0 Å². The van der Waals surface area contributed by atoms with Crippen LogP contribution in [-0.2, 0) is 0 Å². The number of fused-ring (bicyclic) bond motifs is 2. The van der Waals surface area contributed by atoms with Crippen molar-refractivity contribution in [3.8, 4) is 0 Å². The van der Waals surface area contributed by atoms with Crippen LogP contribution in [0.5, 0.6) is 0 Å². The van der Waals surface area contributed by atoms with E-state index in [1.165, 1.54) is 0 Å². The third-order valence-corrected chi connectivity index (χ3v) is 5.45. The third-order valence-electron chi connectivity index (χ3n) is 5.45. The number of benzene rings is 4. The summed E-state index contributed by atoms with van der Waals surface area (Å²) in [5.41, 5.74) is 6.15. The minimum absolute atomic E-state index is 0.125. The number of carbonyl (C=O) groups excluding carboxylic acids is 2. The Morgan fingerprint density at radius 2 is 1.23 bits per heavy atom. The Bertz CT molecular complexity index is 1330. The molecule has 0 radical (unpaired) electrons. The van der Waals surface area contributed by atoms with E-state index in [0.29, 0.717) is 27.9 Å². The molecular weight excluding hydrogens is 384 g/mol. The smallest absolute Gasteiger partial charge is 0.196 e. The molecule has 0 saturated heterocycles. The van der Waals surface area contributed by atoms with Crippen molar-refractivity contribution in [3.05, 3.63) is 119 Å². The van der Waals surface area contributed by atoms with E-state index in [1.54, 1.807) is 36.4 Å². The summed E-state index contributed by atoms with van der Waals surface area (Å²) in [5.74, 6) is -0.265. The zero-order valence-corrected chi connectivity index (χ0v) is 17.0. The molecule has 4 aromatic rings. The van der Waals surface area contributed by atoms with Gasteiger partial charge in [0.05, 0.1) is 22.6 Å². The summed E-state index contributed by atoms with van der Waals surface area (Å²) in [4.78, 5) is 26.3. The molecule has 0 heterocycles. The zero-order valence-electron chi connectivity index (χ0n) is 17.0. The van der Waals surface area contributed by atoms with Gasteiger partial charge < -0.3 is 10.6 Å². The van der Waals surface area contributed by atoms with E-state index in [1.807, 2.05) is 61.5 Å². The van der Waals surface area contributed by atoms with Gasteiger partial charge in [-0.05, 0) is 42.8 Å². The fraction of sp³-hybridized carbons (Fsp3) is 0.0370. The molecule has 0 saturated carbocycles. The van der Waals surface area contributed by atoms with Gasteiger partial charge in [0.15, 0.2) is 11.6 Å². The van der Waals surface area contributed by atoms with E-state index in [4.69, 9.17) is 0 Å². The number of hydrogen-bond donors (Lipinski definition) is 2. The van der Waals surface area contributed by atoms with E-state index in [2.05, 4.69) is 10.6 Å². The second-order valence-corrected chi connectivity index (χ2v) is 7.60. The van der Waals surface area contributed by atoms with Crippen LogP contribution in [0.25, 0.3) is 0 Å². The largest absolute Gasteiger partial charge is 0.354 e. The first kappa shape index (κ1) is 18.8. The van der Waals surface area contributed by atoms with Crippen molar-refractivity contribution in [1.29, 1.82) is 0 Å². The number of nitrogens with one attached hydrogen (secondary N) is 2. The maximum absolute atomic E-state index is 13.3. The normalized spacial score (nSPS) is 12.2. The molecule has 0 aliphatic heterocycles. The summed E-state index contributed by atoms with van der Waals surface area (Å²) < 4.78 is 0. The number of carbonyl (C=O) groups is 2. The van der Waals surface area contributed by atoms with Gasteiger partial charge in [-0.15, -0.1) is 0 Å². The lowest BCUT2D eigenvalue weighted by Gasteiger charge is -2.22. The molecule has 0 aromatic heterocycles. The molecule has 0 amide bonds. The van der Waals surface area contributed by atoms with Crippen LogP contribution < -0.4 is 10.6 Å². The topological polar surface area (TPSA) is 58.2 Å². The highest BCUT2D eigenvalue weighted by Crippen LogP contribution is 2.35.